The maximum Gasteiger partial charge on any atom is 0.250 e. The maximum absolute atomic E-state index is 13.5. The van der Waals surface area contributed by atoms with Crippen molar-refractivity contribution in [3.8, 4) is 11.5 Å². The normalized spacial score (nSPS) is 10.8. The molecule has 0 aliphatic heterocycles. The van der Waals surface area contributed by atoms with Crippen LogP contribution in [-0.4, -0.2) is 23.8 Å². The summed E-state index contributed by atoms with van der Waals surface area (Å²) in [4.78, 5) is 0. The minimum absolute atomic E-state index is 0.149. The Morgan fingerprint density at radius 1 is 1.41 bits per heavy atom. The lowest BCUT2D eigenvalue weighted by molar-refractivity contribution is 0.496. The van der Waals surface area contributed by atoms with Gasteiger partial charge in [0.2, 0.25) is 5.89 Å². The molecule has 0 aliphatic carbocycles. The Morgan fingerprint density at radius 2 is 2.24 bits per heavy atom. The fraction of sp³-hybridized carbons (Fsp3) is 0.273. The summed E-state index contributed by atoms with van der Waals surface area (Å²) in [5, 5.41) is 11.0. The molecule has 1 aromatic carbocycles. The monoisotopic (exact) mass is 255 g/mol. The molecule has 0 amide bonds. The Bertz CT molecular complexity index is 515. The Balaban J connectivity index is 2.27. The molecule has 0 atom stereocenters. The van der Waals surface area contributed by atoms with E-state index in [0.29, 0.717) is 17.3 Å². The van der Waals surface area contributed by atoms with E-state index in [0.717, 1.165) is 6.54 Å². The first kappa shape index (κ1) is 12.0. The van der Waals surface area contributed by atoms with Crippen LogP contribution in [0.5, 0.6) is 0 Å². The molecule has 0 fully saturated rings. The van der Waals surface area contributed by atoms with E-state index in [2.05, 4.69) is 15.5 Å². The second-order valence-electron chi connectivity index (χ2n) is 3.48. The van der Waals surface area contributed by atoms with E-state index >= 15 is 0 Å². The van der Waals surface area contributed by atoms with E-state index in [9.17, 15) is 4.39 Å². The van der Waals surface area contributed by atoms with Crippen molar-refractivity contribution in [2.24, 2.45) is 0 Å². The highest BCUT2D eigenvalue weighted by molar-refractivity contribution is 6.30. The third-order valence-corrected chi connectivity index (χ3v) is 2.45. The van der Waals surface area contributed by atoms with E-state index in [1.54, 1.807) is 0 Å². The minimum Gasteiger partial charge on any atom is -0.421 e. The largest absolute Gasteiger partial charge is 0.421 e. The molecule has 17 heavy (non-hydrogen) atoms. The molecule has 1 heterocycles. The predicted octanol–water partition coefficient (Wildman–Crippen LogP) is 2.29. The third kappa shape index (κ3) is 2.81. The summed E-state index contributed by atoms with van der Waals surface area (Å²) < 4.78 is 18.9. The van der Waals surface area contributed by atoms with Crippen LogP contribution in [0.4, 0.5) is 4.39 Å². The van der Waals surface area contributed by atoms with Crippen molar-refractivity contribution in [2.45, 2.75) is 6.42 Å². The average molecular weight is 256 g/mol. The number of hydrogen-bond acceptors (Lipinski definition) is 4. The molecule has 1 N–H and O–H groups in total. The van der Waals surface area contributed by atoms with Gasteiger partial charge in [0.15, 0.2) is 0 Å². The molecule has 4 nitrogen and oxygen atoms in total. The van der Waals surface area contributed by atoms with E-state index in [1.807, 2.05) is 7.05 Å². The topological polar surface area (TPSA) is 51.0 Å². The fourth-order valence-corrected chi connectivity index (χ4v) is 1.53. The highest BCUT2D eigenvalue weighted by Gasteiger charge is 2.13. The zero-order chi connectivity index (χ0) is 12.3. The lowest BCUT2D eigenvalue weighted by Gasteiger charge is -1.98. The standard InChI is InChI=1S/C11H11ClFN3O/c1-14-5-4-10-15-16-11(17-10)8-6-7(12)2-3-9(8)13/h2-3,6,14H,4-5H2,1H3. The summed E-state index contributed by atoms with van der Waals surface area (Å²) in [6, 6.07) is 4.21. The van der Waals surface area contributed by atoms with Gasteiger partial charge in [0.25, 0.3) is 5.89 Å². The van der Waals surface area contributed by atoms with Crippen molar-refractivity contribution in [1.29, 1.82) is 0 Å². The van der Waals surface area contributed by atoms with Crippen LogP contribution in [0.15, 0.2) is 22.6 Å². The number of aromatic nitrogens is 2. The van der Waals surface area contributed by atoms with Crippen molar-refractivity contribution >= 4 is 11.6 Å². The number of halogens is 2. The summed E-state index contributed by atoms with van der Waals surface area (Å²) in [5.74, 6) is 0.183. The molecule has 6 heteroatoms. The van der Waals surface area contributed by atoms with Crippen molar-refractivity contribution in [3.63, 3.8) is 0 Å². The number of rotatable bonds is 4. The SMILES string of the molecule is CNCCc1nnc(-c2cc(Cl)ccc2F)o1. The quantitative estimate of drug-likeness (QED) is 0.911. The molecule has 1 aromatic heterocycles. The number of benzene rings is 1. The van der Waals surface area contributed by atoms with Gasteiger partial charge in [0.1, 0.15) is 5.82 Å². The summed E-state index contributed by atoms with van der Waals surface area (Å²) in [7, 11) is 1.83. The first-order valence-electron chi connectivity index (χ1n) is 5.13. The van der Waals surface area contributed by atoms with Crippen LogP contribution in [0.25, 0.3) is 11.5 Å². The summed E-state index contributed by atoms with van der Waals surface area (Å²) >= 11 is 5.79. The Kier molecular flexibility index (Phi) is 3.71. The summed E-state index contributed by atoms with van der Waals surface area (Å²) in [5.41, 5.74) is 0.223. The van der Waals surface area contributed by atoms with Gasteiger partial charge in [-0.25, -0.2) is 4.39 Å². The van der Waals surface area contributed by atoms with E-state index < -0.39 is 5.82 Å². The Hall–Kier alpha value is -1.46. The smallest absolute Gasteiger partial charge is 0.250 e. The van der Waals surface area contributed by atoms with Gasteiger partial charge in [0, 0.05) is 18.0 Å². The molecule has 90 valence electrons. The van der Waals surface area contributed by atoms with Crippen LogP contribution >= 0.6 is 11.6 Å². The highest BCUT2D eigenvalue weighted by Crippen LogP contribution is 2.24. The molecular formula is C11H11ClFN3O. The van der Waals surface area contributed by atoms with Gasteiger partial charge in [-0.15, -0.1) is 10.2 Å². The second-order valence-corrected chi connectivity index (χ2v) is 3.92. The lowest BCUT2D eigenvalue weighted by Crippen LogP contribution is -2.10. The van der Waals surface area contributed by atoms with Gasteiger partial charge >= 0.3 is 0 Å². The highest BCUT2D eigenvalue weighted by atomic mass is 35.5. The first-order chi connectivity index (χ1) is 8.20. The van der Waals surface area contributed by atoms with E-state index in [4.69, 9.17) is 16.0 Å². The second kappa shape index (κ2) is 5.25. The lowest BCUT2D eigenvalue weighted by atomic mass is 10.2. The van der Waals surface area contributed by atoms with Crippen LogP contribution in [0.1, 0.15) is 5.89 Å². The molecule has 0 unspecified atom stereocenters. The van der Waals surface area contributed by atoms with Crippen LogP contribution in [0.3, 0.4) is 0 Å². The molecule has 0 radical (unpaired) electrons. The molecule has 2 rings (SSSR count). The maximum atomic E-state index is 13.5. The van der Waals surface area contributed by atoms with E-state index in [1.165, 1.54) is 18.2 Å². The van der Waals surface area contributed by atoms with Crippen molar-refractivity contribution in [1.82, 2.24) is 15.5 Å². The van der Waals surface area contributed by atoms with Gasteiger partial charge < -0.3 is 9.73 Å². The van der Waals surface area contributed by atoms with Crippen molar-refractivity contribution < 1.29 is 8.81 Å². The van der Waals surface area contributed by atoms with Gasteiger partial charge in [-0.3, -0.25) is 0 Å². The first-order valence-corrected chi connectivity index (χ1v) is 5.51. The summed E-state index contributed by atoms with van der Waals surface area (Å²) in [6.07, 6.45) is 0.603. The Labute approximate surface area is 103 Å². The van der Waals surface area contributed by atoms with E-state index in [-0.39, 0.29) is 11.5 Å². The molecule has 0 spiro atoms. The molecule has 0 bridgehead atoms. The van der Waals surface area contributed by atoms with Crippen LogP contribution in [-0.2, 0) is 6.42 Å². The predicted molar refractivity (Wildman–Crippen MR) is 62.3 cm³/mol. The minimum atomic E-state index is -0.432. The average Bonchev–Trinajstić information content (AvgIpc) is 2.78. The zero-order valence-electron chi connectivity index (χ0n) is 9.20. The molecule has 0 aliphatic rings. The van der Waals surface area contributed by atoms with Gasteiger partial charge in [-0.2, -0.15) is 0 Å². The number of nitrogens with one attached hydrogen (secondary N) is 1. The summed E-state index contributed by atoms with van der Waals surface area (Å²) in [6.45, 7) is 0.722. The van der Waals surface area contributed by atoms with Gasteiger partial charge in [0.05, 0.1) is 5.56 Å². The molecular weight excluding hydrogens is 245 g/mol. The third-order valence-electron chi connectivity index (χ3n) is 2.21. The number of nitrogens with zero attached hydrogens (tertiary/aromatic N) is 2. The van der Waals surface area contributed by atoms with Crippen molar-refractivity contribution in [3.05, 3.63) is 34.9 Å². The number of likely N-dealkylation sites (N-methyl/N-ethyl adjacent to an activating group) is 1. The molecule has 2 aromatic rings. The molecule has 0 saturated carbocycles. The Morgan fingerprint density at radius 3 is 3.00 bits per heavy atom. The van der Waals surface area contributed by atoms with Crippen LogP contribution < -0.4 is 5.32 Å². The zero-order valence-corrected chi connectivity index (χ0v) is 9.96. The van der Waals surface area contributed by atoms with Gasteiger partial charge in [-0.05, 0) is 25.2 Å². The fourth-order valence-electron chi connectivity index (χ4n) is 1.36. The van der Waals surface area contributed by atoms with Crippen molar-refractivity contribution in [2.75, 3.05) is 13.6 Å². The van der Waals surface area contributed by atoms with Gasteiger partial charge in [-0.1, -0.05) is 11.6 Å². The molecule has 0 saturated heterocycles. The van der Waals surface area contributed by atoms with Crippen LogP contribution in [0, 0.1) is 5.82 Å². The number of hydrogen-bond donors (Lipinski definition) is 1. The van der Waals surface area contributed by atoms with Crippen LogP contribution in [0.2, 0.25) is 5.02 Å².